The van der Waals surface area contributed by atoms with Crippen LogP contribution in [0.15, 0.2) is 9.79 Å². The van der Waals surface area contributed by atoms with E-state index in [2.05, 4.69) is 41.5 Å². The Morgan fingerprint density at radius 3 is 2.91 bits per heavy atom. The van der Waals surface area contributed by atoms with Gasteiger partial charge in [-0.1, -0.05) is 6.92 Å². The molecule has 2 N–H and O–H groups in total. The molecule has 0 radical (unpaired) electrons. The normalized spacial score (nSPS) is 16.0. The maximum absolute atomic E-state index is 12.2. The van der Waals surface area contributed by atoms with Gasteiger partial charge in [0, 0.05) is 38.6 Å². The third kappa shape index (κ3) is 4.84. The third-order valence-corrected chi connectivity index (χ3v) is 4.17. The van der Waals surface area contributed by atoms with Gasteiger partial charge in [-0.15, -0.1) is 0 Å². The first-order chi connectivity index (χ1) is 11.2. The van der Waals surface area contributed by atoms with Crippen molar-refractivity contribution in [1.29, 1.82) is 0 Å². The van der Waals surface area contributed by atoms with Gasteiger partial charge in [-0.25, -0.2) is 9.48 Å². The van der Waals surface area contributed by atoms with E-state index in [1.54, 1.807) is 4.68 Å². The van der Waals surface area contributed by atoms with E-state index in [1.165, 1.54) is 0 Å². The minimum atomic E-state index is 0.0355. The monoisotopic (exact) mass is 322 g/mol. The van der Waals surface area contributed by atoms with E-state index in [1.807, 2.05) is 4.57 Å². The molecular weight excluding hydrogens is 292 g/mol. The van der Waals surface area contributed by atoms with E-state index in [0.29, 0.717) is 19.1 Å². The number of aryl methyl sites for hydroxylation is 2. The summed E-state index contributed by atoms with van der Waals surface area (Å²) < 4.78 is 3.42. The van der Waals surface area contributed by atoms with Crippen LogP contribution in [0, 0.1) is 0 Å². The van der Waals surface area contributed by atoms with Crippen molar-refractivity contribution in [1.82, 2.24) is 25.0 Å². The SMILES string of the molecule is CCNC(=NCCCn1nc2n(c1=O)CCCC2)NC(C)CC. The zero-order chi connectivity index (χ0) is 16.7. The highest BCUT2D eigenvalue weighted by Gasteiger charge is 2.16. The van der Waals surface area contributed by atoms with Crippen molar-refractivity contribution >= 4 is 5.96 Å². The highest BCUT2D eigenvalue weighted by atomic mass is 16.2. The van der Waals surface area contributed by atoms with Crippen LogP contribution in [0.2, 0.25) is 0 Å². The van der Waals surface area contributed by atoms with Gasteiger partial charge in [0.05, 0.1) is 0 Å². The highest BCUT2D eigenvalue weighted by molar-refractivity contribution is 5.79. The molecule has 1 atom stereocenters. The molecule has 1 unspecified atom stereocenters. The Labute approximate surface area is 138 Å². The molecule has 0 spiro atoms. The number of guanidine groups is 1. The third-order valence-electron chi connectivity index (χ3n) is 4.17. The number of hydrogen-bond acceptors (Lipinski definition) is 3. The number of aliphatic imine (C=N–C) groups is 1. The van der Waals surface area contributed by atoms with Crippen LogP contribution in [-0.2, 0) is 19.5 Å². The van der Waals surface area contributed by atoms with Gasteiger partial charge in [0.15, 0.2) is 5.96 Å². The molecule has 0 aromatic carbocycles. The van der Waals surface area contributed by atoms with Crippen molar-refractivity contribution in [2.24, 2.45) is 4.99 Å². The van der Waals surface area contributed by atoms with Crippen LogP contribution < -0.4 is 16.3 Å². The van der Waals surface area contributed by atoms with Gasteiger partial charge in [0.25, 0.3) is 0 Å². The molecule has 7 nitrogen and oxygen atoms in total. The number of hydrogen-bond donors (Lipinski definition) is 2. The largest absolute Gasteiger partial charge is 0.357 e. The van der Waals surface area contributed by atoms with E-state index in [9.17, 15) is 4.79 Å². The van der Waals surface area contributed by atoms with Crippen molar-refractivity contribution in [3.05, 3.63) is 16.3 Å². The maximum Gasteiger partial charge on any atom is 0.345 e. The minimum Gasteiger partial charge on any atom is -0.357 e. The lowest BCUT2D eigenvalue weighted by molar-refractivity contribution is 0.509. The van der Waals surface area contributed by atoms with Crippen LogP contribution in [0.25, 0.3) is 0 Å². The number of nitrogens with one attached hydrogen (secondary N) is 2. The second kappa shape index (κ2) is 8.74. The molecular formula is C16H30N6O. The van der Waals surface area contributed by atoms with Gasteiger partial charge in [0.1, 0.15) is 5.82 Å². The summed E-state index contributed by atoms with van der Waals surface area (Å²) in [5, 5.41) is 11.1. The number of rotatable bonds is 7. The summed E-state index contributed by atoms with van der Waals surface area (Å²) in [7, 11) is 0. The Bertz CT molecular complexity index is 574. The predicted octanol–water partition coefficient (Wildman–Crippen LogP) is 1.12. The van der Waals surface area contributed by atoms with Crippen molar-refractivity contribution in [2.75, 3.05) is 13.1 Å². The molecule has 130 valence electrons. The maximum atomic E-state index is 12.2. The molecule has 1 aromatic rings. The van der Waals surface area contributed by atoms with Gasteiger partial charge in [-0.05, 0) is 39.5 Å². The summed E-state index contributed by atoms with van der Waals surface area (Å²) in [5.41, 5.74) is 0.0355. The van der Waals surface area contributed by atoms with Crippen LogP contribution in [0.5, 0.6) is 0 Å². The summed E-state index contributed by atoms with van der Waals surface area (Å²) >= 11 is 0. The fourth-order valence-corrected chi connectivity index (χ4v) is 2.66. The van der Waals surface area contributed by atoms with E-state index in [0.717, 1.165) is 57.0 Å². The molecule has 23 heavy (non-hydrogen) atoms. The number of nitrogens with zero attached hydrogens (tertiary/aromatic N) is 4. The summed E-state index contributed by atoms with van der Waals surface area (Å²) in [5.74, 6) is 1.79. The smallest absolute Gasteiger partial charge is 0.345 e. The highest BCUT2D eigenvalue weighted by Crippen LogP contribution is 2.09. The molecule has 7 heteroatoms. The van der Waals surface area contributed by atoms with Crippen LogP contribution in [0.1, 0.15) is 52.3 Å². The first-order valence-corrected chi connectivity index (χ1v) is 8.87. The number of fused-ring (bicyclic) bond motifs is 1. The molecule has 1 aliphatic heterocycles. The van der Waals surface area contributed by atoms with Crippen molar-refractivity contribution < 1.29 is 0 Å². The van der Waals surface area contributed by atoms with Gasteiger partial charge >= 0.3 is 5.69 Å². The molecule has 0 fully saturated rings. The van der Waals surface area contributed by atoms with Crippen LogP contribution >= 0.6 is 0 Å². The molecule has 1 aliphatic rings. The quantitative estimate of drug-likeness (QED) is 0.448. The molecule has 2 heterocycles. The van der Waals surface area contributed by atoms with E-state index < -0.39 is 0 Å². The Hall–Kier alpha value is -1.79. The molecule has 0 saturated carbocycles. The lowest BCUT2D eigenvalue weighted by atomic mass is 10.2. The van der Waals surface area contributed by atoms with Gasteiger partial charge in [0.2, 0.25) is 0 Å². The molecule has 1 aromatic heterocycles. The summed E-state index contributed by atoms with van der Waals surface area (Å²) in [6, 6.07) is 0.398. The van der Waals surface area contributed by atoms with Crippen LogP contribution in [0.3, 0.4) is 0 Å². The average molecular weight is 322 g/mol. The first kappa shape index (κ1) is 17.6. The number of aromatic nitrogens is 3. The topological polar surface area (TPSA) is 76.2 Å². The zero-order valence-corrected chi connectivity index (χ0v) is 14.6. The average Bonchev–Trinajstić information content (AvgIpc) is 2.88. The molecule has 0 amide bonds. The molecule has 2 rings (SSSR count). The van der Waals surface area contributed by atoms with Crippen LogP contribution in [-0.4, -0.2) is 39.4 Å². The predicted molar refractivity (Wildman–Crippen MR) is 92.9 cm³/mol. The second-order valence-corrected chi connectivity index (χ2v) is 6.10. The zero-order valence-electron chi connectivity index (χ0n) is 14.6. The van der Waals surface area contributed by atoms with Gasteiger partial charge in [-0.3, -0.25) is 9.56 Å². The first-order valence-electron chi connectivity index (χ1n) is 8.87. The lowest BCUT2D eigenvalue weighted by Gasteiger charge is -2.16. The van der Waals surface area contributed by atoms with E-state index in [4.69, 9.17) is 0 Å². The fourth-order valence-electron chi connectivity index (χ4n) is 2.66. The van der Waals surface area contributed by atoms with Gasteiger partial charge < -0.3 is 10.6 Å². The molecule has 0 aliphatic carbocycles. The minimum absolute atomic E-state index is 0.0355. The summed E-state index contributed by atoms with van der Waals surface area (Å²) in [6.45, 7) is 9.32. The fraction of sp³-hybridized carbons (Fsp3) is 0.812. The van der Waals surface area contributed by atoms with Crippen molar-refractivity contribution in [3.63, 3.8) is 0 Å². The van der Waals surface area contributed by atoms with E-state index >= 15 is 0 Å². The standard InChI is InChI=1S/C16H30N6O/c1-4-13(3)19-15(17-5-2)18-10-8-12-22-16(23)21-11-7-6-9-14(21)20-22/h13H,4-12H2,1-3H3,(H2,17,18,19). The van der Waals surface area contributed by atoms with Crippen molar-refractivity contribution in [2.45, 2.75) is 72.0 Å². The Morgan fingerprint density at radius 1 is 1.39 bits per heavy atom. The van der Waals surface area contributed by atoms with Crippen molar-refractivity contribution in [3.8, 4) is 0 Å². The Kier molecular flexibility index (Phi) is 6.67. The Morgan fingerprint density at radius 2 is 2.22 bits per heavy atom. The second-order valence-electron chi connectivity index (χ2n) is 6.10. The molecule has 0 bridgehead atoms. The lowest BCUT2D eigenvalue weighted by Crippen LogP contribution is -2.42. The Balaban J connectivity index is 1.87. The van der Waals surface area contributed by atoms with E-state index in [-0.39, 0.29) is 5.69 Å². The molecule has 0 saturated heterocycles. The van der Waals surface area contributed by atoms with Crippen LogP contribution in [0.4, 0.5) is 0 Å². The summed E-state index contributed by atoms with van der Waals surface area (Å²) in [6.07, 6.45) is 5.00. The van der Waals surface area contributed by atoms with Gasteiger partial charge in [-0.2, -0.15) is 5.10 Å². The summed E-state index contributed by atoms with van der Waals surface area (Å²) in [4.78, 5) is 16.8.